The molecular formula is C16H13BrN4O3S. The van der Waals surface area contributed by atoms with Gasteiger partial charge >= 0.3 is 0 Å². The second kappa shape index (κ2) is 6.69. The van der Waals surface area contributed by atoms with Crippen LogP contribution in [0.2, 0.25) is 0 Å². The normalized spacial score (nSPS) is 11.2. The molecule has 0 fully saturated rings. The maximum Gasteiger partial charge on any atom is 0.261 e. The van der Waals surface area contributed by atoms with Gasteiger partial charge in [0.15, 0.2) is 0 Å². The molecule has 0 atom stereocenters. The molecule has 1 heterocycles. The summed E-state index contributed by atoms with van der Waals surface area (Å²) in [5, 5.41) is 4.16. The van der Waals surface area contributed by atoms with Crippen molar-refractivity contribution in [2.75, 3.05) is 4.72 Å². The summed E-state index contributed by atoms with van der Waals surface area (Å²) in [7, 11) is -3.83. The van der Waals surface area contributed by atoms with E-state index in [1.165, 1.54) is 24.3 Å². The van der Waals surface area contributed by atoms with Crippen LogP contribution < -0.4 is 10.5 Å². The summed E-state index contributed by atoms with van der Waals surface area (Å²) in [6.45, 7) is 0. The maximum absolute atomic E-state index is 12.6. The van der Waals surface area contributed by atoms with Gasteiger partial charge in [0.1, 0.15) is 0 Å². The fourth-order valence-electron chi connectivity index (χ4n) is 2.19. The third-order valence-corrected chi connectivity index (χ3v) is 5.19. The molecule has 3 aromatic rings. The third-order valence-electron chi connectivity index (χ3n) is 3.40. The lowest BCUT2D eigenvalue weighted by Crippen LogP contribution is -2.16. The number of anilines is 1. The predicted octanol–water partition coefficient (Wildman–Crippen LogP) is 2.53. The summed E-state index contributed by atoms with van der Waals surface area (Å²) in [6, 6.07) is 12.3. The number of benzene rings is 2. The summed E-state index contributed by atoms with van der Waals surface area (Å²) in [5.74, 6) is -0.619. The quantitative estimate of drug-likeness (QED) is 0.660. The predicted molar refractivity (Wildman–Crippen MR) is 97.0 cm³/mol. The Bertz CT molecular complexity index is 1030. The molecule has 1 aromatic heterocycles. The Balaban J connectivity index is 1.95. The molecule has 2 aromatic carbocycles. The Hall–Kier alpha value is -2.65. The molecule has 25 heavy (non-hydrogen) atoms. The zero-order valence-electron chi connectivity index (χ0n) is 12.8. The Morgan fingerprint density at radius 1 is 1.12 bits per heavy atom. The van der Waals surface area contributed by atoms with Crippen molar-refractivity contribution >= 4 is 37.5 Å². The van der Waals surface area contributed by atoms with Crippen molar-refractivity contribution in [2.24, 2.45) is 5.73 Å². The van der Waals surface area contributed by atoms with E-state index < -0.39 is 15.9 Å². The highest BCUT2D eigenvalue weighted by atomic mass is 79.9. The second-order valence-electron chi connectivity index (χ2n) is 5.11. The molecule has 3 rings (SSSR count). The first-order valence-corrected chi connectivity index (χ1v) is 9.37. The molecule has 0 spiro atoms. The van der Waals surface area contributed by atoms with Gasteiger partial charge in [0, 0.05) is 11.8 Å². The van der Waals surface area contributed by atoms with E-state index in [9.17, 15) is 13.2 Å². The molecule has 9 heteroatoms. The summed E-state index contributed by atoms with van der Waals surface area (Å²) in [4.78, 5) is 11.1. The first kappa shape index (κ1) is 17.2. The highest BCUT2D eigenvalue weighted by Crippen LogP contribution is 2.24. The van der Waals surface area contributed by atoms with Gasteiger partial charge in [-0.15, -0.1) is 0 Å². The summed E-state index contributed by atoms with van der Waals surface area (Å²) in [5.41, 5.74) is 6.35. The van der Waals surface area contributed by atoms with Crippen LogP contribution >= 0.6 is 15.9 Å². The lowest BCUT2D eigenvalue weighted by Gasteiger charge is -2.12. The topological polar surface area (TPSA) is 107 Å². The zero-order valence-corrected chi connectivity index (χ0v) is 15.2. The van der Waals surface area contributed by atoms with Gasteiger partial charge in [0.25, 0.3) is 10.0 Å². The highest BCUT2D eigenvalue weighted by molar-refractivity contribution is 9.10. The molecular weight excluding hydrogens is 408 g/mol. The molecule has 0 radical (unpaired) electrons. The molecule has 0 aliphatic heterocycles. The number of carbonyl (C=O) groups excluding carboxylic acids is 1. The van der Waals surface area contributed by atoms with Crippen LogP contribution in [0.3, 0.4) is 0 Å². The highest BCUT2D eigenvalue weighted by Gasteiger charge is 2.17. The molecule has 0 aliphatic rings. The Labute approximate surface area is 152 Å². The molecule has 0 aliphatic carbocycles. The molecule has 0 saturated heterocycles. The fraction of sp³-hybridized carbons (Fsp3) is 0. The van der Waals surface area contributed by atoms with Crippen LogP contribution in [0, 0.1) is 0 Å². The summed E-state index contributed by atoms with van der Waals surface area (Å²) in [6.07, 6.45) is 3.32. The lowest BCUT2D eigenvalue weighted by molar-refractivity contribution is 0.1000. The second-order valence-corrected chi connectivity index (χ2v) is 7.71. The number of primary amides is 1. The van der Waals surface area contributed by atoms with E-state index in [1.807, 2.05) is 0 Å². The standard InChI is InChI=1S/C16H13BrN4O3S/c17-12-9-19-21(10-12)15-4-2-1-3-14(15)20-25(23,24)13-7-5-11(6-8-13)16(18)22/h1-10,20H,(H2,18,22). The van der Waals surface area contributed by atoms with Crippen molar-refractivity contribution in [1.82, 2.24) is 9.78 Å². The number of aromatic nitrogens is 2. The zero-order chi connectivity index (χ0) is 18.0. The van der Waals surface area contributed by atoms with Gasteiger partial charge in [-0.25, -0.2) is 13.1 Å². The van der Waals surface area contributed by atoms with Gasteiger partial charge < -0.3 is 5.73 Å². The van der Waals surface area contributed by atoms with Crippen LogP contribution in [0.1, 0.15) is 10.4 Å². The van der Waals surface area contributed by atoms with Crippen molar-refractivity contribution in [1.29, 1.82) is 0 Å². The van der Waals surface area contributed by atoms with Gasteiger partial charge in [0.2, 0.25) is 5.91 Å². The van der Waals surface area contributed by atoms with E-state index >= 15 is 0 Å². The Morgan fingerprint density at radius 2 is 1.80 bits per heavy atom. The van der Waals surface area contributed by atoms with Crippen molar-refractivity contribution < 1.29 is 13.2 Å². The molecule has 0 bridgehead atoms. The number of hydrogen-bond donors (Lipinski definition) is 2. The van der Waals surface area contributed by atoms with Crippen molar-refractivity contribution in [3.05, 3.63) is 71.0 Å². The maximum atomic E-state index is 12.6. The minimum Gasteiger partial charge on any atom is -0.366 e. The minimum atomic E-state index is -3.83. The largest absolute Gasteiger partial charge is 0.366 e. The van der Waals surface area contributed by atoms with E-state index in [4.69, 9.17) is 5.73 Å². The van der Waals surface area contributed by atoms with Crippen molar-refractivity contribution in [3.8, 4) is 5.69 Å². The number of para-hydroxylation sites is 2. The monoisotopic (exact) mass is 420 g/mol. The van der Waals surface area contributed by atoms with Crippen LogP contribution in [0.15, 0.2) is 70.3 Å². The third kappa shape index (κ3) is 3.72. The number of nitrogens with zero attached hydrogens (tertiary/aromatic N) is 2. The van der Waals surface area contributed by atoms with Gasteiger partial charge in [-0.1, -0.05) is 12.1 Å². The molecule has 0 saturated carbocycles. The smallest absolute Gasteiger partial charge is 0.261 e. The Kier molecular flexibility index (Phi) is 4.60. The van der Waals surface area contributed by atoms with Crippen LogP contribution in [-0.2, 0) is 10.0 Å². The number of nitrogens with two attached hydrogens (primary N) is 1. The molecule has 0 unspecified atom stereocenters. The number of amides is 1. The van der Waals surface area contributed by atoms with Crippen LogP contribution in [0.5, 0.6) is 0 Å². The Morgan fingerprint density at radius 3 is 2.40 bits per heavy atom. The molecule has 128 valence electrons. The summed E-state index contributed by atoms with van der Waals surface area (Å²) < 4.78 is 30.1. The van der Waals surface area contributed by atoms with Crippen LogP contribution in [-0.4, -0.2) is 24.1 Å². The molecule has 1 amide bonds. The van der Waals surface area contributed by atoms with Crippen LogP contribution in [0.4, 0.5) is 5.69 Å². The average Bonchev–Trinajstić information content (AvgIpc) is 3.01. The van der Waals surface area contributed by atoms with E-state index in [2.05, 4.69) is 25.8 Å². The van der Waals surface area contributed by atoms with Gasteiger partial charge in [-0.3, -0.25) is 9.52 Å². The van der Waals surface area contributed by atoms with Crippen molar-refractivity contribution in [3.63, 3.8) is 0 Å². The van der Waals surface area contributed by atoms with Crippen molar-refractivity contribution in [2.45, 2.75) is 4.90 Å². The van der Waals surface area contributed by atoms with E-state index in [0.717, 1.165) is 4.47 Å². The minimum absolute atomic E-state index is 0.0222. The van der Waals surface area contributed by atoms with E-state index in [-0.39, 0.29) is 10.5 Å². The lowest BCUT2D eigenvalue weighted by atomic mass is 10.2. The number of sulfonamides is 1. The number of halogens is 1. The van der Waals surface area contributed by atoms with Crippen LogP contribution in [0.25, 0.3) is 5.69 Å². The first-order chi connectivity index (χ1) is 11.9. The summed E-state index contributed by atoms with van der Waals surface area (Å²) >= 11 is 3.31. The molecule has 7 nitrogen and oxygen atoms in total. The van der Waals surface area contributed by atoms with Gasteiger partial charge in [0.05, 0.1) is 26.9 Å². The van der Waals surface area contributed by atoms with E-state index in [1.54, 1.807) is 41.3 Å². The van der Waals surface area contributed by atoms with E-state index in [0.29, 0.717) is 11.4 Å². The van der Waals surface area contributed by atoms with Gasteiger partial charge in [-0.2, -0.15) is 5.10 Å². The number of hydrogen-bond acceptors (Lipinski definition) is 4. The number of rotatable bonds is 5. The average molecular weight is 421 g/mol. The SMILES string of the molecule is NC(=O)c1ccc(S(=O)(=O)Nc2ccccc2-n2cc(Br)cn2)cc1. The number of carbonyl (C=O) groups is 1. The van der Waals surface area contributed by atoms with Gasteiger partial charge in [-0.05, 0) is 52.3 Å². The fourth-order valence-corrected chi connectivity index (χ4v) is 3.55. The number of nitrogens with one attached hydrogen (secondary N) is 1. The first-order valence-electron chi connectivity index (χ1n) is 7.09. The molecule has 3 N–H and O–H groups in total.